The molecule has 0 spiro atoms. The number of fused-ring (bicyclic) bond motifs is 1. The average molecular weight is 698 g/mol. The van der Waals surface area contributed by atoms with E-state index in [1.807, 2.05) is 0 Å². The van der Waals surface area contributed by atoms with E-state index in [0.29, 0.717) is 0 Å². The topological polar surface area (TPSA) is 314 Å². The van der Waals surface area contributed by atoms with Crippen LogP contribution < -0.4 is 4.74 Å². The van der Waals surface area contributed by atoms with Gasteiger partial charge in [0.2, 0.25) is 12.0 Å². The fraction of sp³-hybridized carbons (Fsp3) is 0.433. The van der Waals surface area contributed by atoms with Gasteiger partial charge in [0.25, 0.3) is 0 Å². The molecule has 5 rings (SSSR count). The third kappa shape index (κ3) is 7.33. The molecule has 3 aromatic rings. The van der Waals surface area contributed by atoms with Gasteiger partial charge >= 0.3 is 23.3 Å². The van der Waals surface area contributed by atoms with Gasteiger partial charge in [0, 0.05) is 24.3 Å². The number of carbonyl (C=O) groups is 2. The number of rotatable bonds is 9. The number of esters is 1. The zero-order valence-corrected chi connectivity index (χ0v) is 25.3. The Morgan fingerprint density at radius 3 is 2.12 bits per heavy atom. The predicted octanol–water partition coefficient (Wildman–Crippen LogP) is -1.04. The second-order valence-corrected chi connectivity index (χ2v) is 11.4. The second kappa shape index (κ2) is 14.0. The van der Waals surface area contributed by atoms with E-state index in [4.69, 9.17) is 33.2 Å². The van der Waals surface area contributed by atoms with E-state index in [1.165, 1.54) is 6.92 Å². The monoisotopic (exact) mass is 697 g/mol. The minimum absolute atomic E-state index is 0.0752. The third-order valence-corrected chi connectivity index (χ3v) is 7.84. The number of aliphatic hydroxyl groups is 5. The van der Waals surface area contributed by atoms with E-state index in [1.54, 1.807) is 0 Å². The number of aromatic hydroxyl groups is 5. The standard InChI is InChI=1S/C30H32O19/c1-9-21(38)24(41)26(43)29(45-9)49-28-25(42)23(40)18(8-44-20(37)7-19(35)36)48-30(28)47-17-6-12-13(32)4-11(31)5-16(12)46-27(17)10-2-14(33)22(39)15(34)3-10/h2-6,9,18,21,23-26,28-30,38,40-43H,7-8H2,1H3,(H5-,31,32,33,34,35,36,39)/p+1/t9-,18+,21-,23+,24+,25-,26+,28+,29-,30+/m0/s1. The highest BCUT2D eigenvalue weighted by atomic mass is 16.8. The Morgan fingerprint density at radius 1 is 0.796 bits per heavy atom. The fourth-order valence-corrected chi connectivity index (χ4v) is 5.25. The summed E-state index contributed by atoms with van der Waals surface area (Å²) >= 11 is 0. The number of aliphatic hydroxyl groups excluding tert-OH is 5. The maximum absolute atomic E-state index is 11.9. The zero-order chi connectivity index (χ0) is 35.9. The highest BCUT2D eigenvalue weighted by molar-refractivity contribution is 5.90. The molecular weight excluding hydrogens is 664 g/mol. The molecule has 2 aromatic carbocycles. The van der Waals surface area contributed by atoms with E-state index >= 15 is 0 Å². The molecule has 0 aliphatic carbocycles. The van der Waals surface area contributed by atoms with Crippen LogP contribution in [0.5, 0.6) is 34.5 Å². The Hall–Kier alpha value is -4.73. The molecule has 0 saturated carbocycles. The van der Waals surface area contributed by atoms with Gasteiger partial charge in [0.15, 0.2) is 29.6 Å². The first kappa shape index (κ1) is 35.6. The van der Waals surface area contributed by atoms with Crippen molar-refractivity contribution in [3.63, 3.8) is 0 Å². The molecule has 2 aliphatic heterocycles. The summed E-state index contributed by atoms with van der Waals surface area (Å²) in [6.45, 7) is 0.542. The lowest BCUT2D eigenvalue weighted by Crippen LogP contribution is -2.64. The second-order valence-electron chi connectivity index (χ2n) is 11.4. The molecule has 49 heavy (non-hydrogen) atoms. The normalized spacial score (nSPS) is 30.2. The van der Waals surface area contributed by atoms with Crippen LogP contribution in [0, 0.1) is 0 Å². The van der Waals surface area contributed by atoms with Crippen LogP contribution in [0.2, 0.25) is 0 Å². The molecule has 2 fully saturated rings. The first-order valence-electron chi connectivity index (χ1n) is 14.5. The predicted molar refractivity (Wildman–Crippen MR) is 156 cm³/mol. The number of carboxylic acid groups (broad SMARTS) is 1. The van der Waals surface area contributed by atoms with Crippen molar-refractivity contribution in [2.24, 2.45) is 0 Å². The van der Waals surface area contributed by atoms with Gasteiger partial charge in [-0.15, -0.1) is 0 Å². The zero-order valence-electron chi connectivity index (χ0n) is 25.3. The Kier molecular flexibility index (Phi) is 10.2. The molecular formula is C30H33O19+. The summed E-state index contributed by atoms with van der Waals surface area (Å²) in [5.41, 5.74) is -0.305. The summed E-state index contributed by atoms with van der Waals surface area (Å²) in [6, 6.07) is 5.13. The van der Waals surface area contributed by atoms with Gasteiger partial charge in [-0.25, -0.2) is 4.42 Å². The van der Waals surface area contributed by atoms with Gasteiger partial charge in [-0.3, -0.25) is 9.59 Å². The molecule has 0 bridgehead atoms. The van der Waals surface area contributed by atoms with E-state index in [-0.39, 0.29) is 22.3 Å². The summed E-state index contributed by atoms with van der Waals surface area (Å²) in [7, 11) is 0. The summed E-state index contributed by atoms with van der Waals surface area (Å²) < 4.78 is 33.8. The van der Waals surface area contributed by atoms with E-state index in [2.05, 4.69) is 0 Å². The molecule has 2 saturated heterocycles. The largest absolute Gasteiger partial charge is 0.507 e. The van der Waals surface area contributed by atoms with Crippen LogP contribution in [0.15, 0.2) is 34.7 Å². The maximum Gasteiger partial charge on any atom is 0.402 e. The maximum atomic E-state index is 11.9. The number of ether oxygens (including phenoxy) is 5. The third-order valence-electron chi connectivity index (χ3n) is 7.84. The number of carbonyl (C=O) groups excluding carboxylic acids is 1. The van der Waals surface area contributed by atoms with E-state index in [0.717, 1.165) is 30.3 Å². The lowest BCUT2D eigenvalue weighted by atomic mass is 9.97. The van der Waals surface area contributed by atoms with Gasteiger partial charge in [-0.05, 0) is 6.92 Å². The SMILES string of the molecule is C[C@@H]1O[C@@H](O[C@H]2[C@H](Oc3cc4c(O)cc(O)cc4[o+]c3-c3cc(O)c(O)c(O)c3)O[C@H](COC(=O)CC(=O)O)[C@@H](O)[C@@H]2O)[C@H](O)[C@H](O)[C@H]1O. The quantitative estimate of drug-likeness (QED) is 0.0551. The van der Waals surface area contributed by atoms with E-state index < -0.39 is 121 Å². The van der Waals surface area contributed by atoms with Crippen molar-refractivity contribution in [2.45, 2.75) is 74.8 Å². The Bertz CT molecular complexity index is 1690. The van der Waals surface area contributed by atoms with Gasteiger partial charge < -0.3 is 79.9 Å². The molecule has 0 unspecified atom stereocenters. The first-order chi connectivity index (χ1) is 23.0. The van der Waals surface area contributed by atoms with Crippen molar-refractivity contribution in [1.29, 1.82) is 0 Å². The molecule has 11 N–H and O–H groups in total. The number of hydrogen-bond acceptors (Lipinski definition) is 17. The number of benzene rings is 2. The average Bonchev–Trinajstić information content (AvgIpc) is 3.03. The van der Waals surface area contributed by atoms with Crippen LogP contribution in [0.25, 0.3) is 22.3 Å². The van der Waals surface area contributed by atoms with E-state index in [9.17, 15) is 60.7 Å². The summed E-state index contributed by atoms with van der Waals surface area (Å²) in [6.07, 6.45) is -18.4. The van der Waals surface area contributed by atoms with Crippen molar-refractivity contribution >= 4 is 22.9 Å². The summed E-state index contributed by atoms with van der Waals surface area (Å²) in [5.74, 6) is -6.87. The van der Waals surface area contributed by atoms with Crippen LogP contribution in [0.1, 0.15) is 13.3 Å². The van der Waals surface area contributed by atoms with Crippen LogP contribution in [0.4, 0.5) is 0 Å². The summed E-state index contributed by atoms with van der Waals surface area (Å²) in [5, 5.41) is 113. The molecule has 0 amide bonds. The minimum Gasteiger partial charge on any atom is -0.507 e. The molecule has 2 aliphatic rings. The van der Waals surface area contributed by atoms with Gasteiger partial charge in [-0.1, -0.05) is 0 Å². The first-order valence-corrected chi connectivity index (χ1v) is 14.5. The van der Waals surface area contributed by atoms with Crippen molar-refractivity contribution in [3.05, 3.63) is 30.3 Å². The number of aliphatic carboxylic acids is 1. The number of hydrogen-bond donors (Lipinski definition) is 11. The molecule has 3 heterocycles. The highest BCUT2D eigenvalue weighted by Crippen LogP contribution is 2.45. The summed E-state index contributed by atoms with van der Waals surface area (Å²) in [4.78, 5) is 22.8. The minimum atomic E-state index is -2.01. The number of carboxylic acids is 1. The Labute approximate surface area is 274 Å². The van der Waals surface area contributed by atoms with Crippen molar-refractivity contribution in [2.75, 3.05) is 6.61 Å². The van der Waals surface area contributed by atoms with Gasteiger partial charge in [-0.2, -0.15) is 0 Å². The lowest BCUT2D eigenvalue weighted by Gasteiger charge is -2.45. The Balaban J connectivity index is 1.57. The van der Waals surface area contributed by atoms with Crippen LogP contribution >= 0.6 is 0 Å². The highest BCUT2D eigenvalue weighted by Gasteiger charge is 2.52. The smallest absolute Gasteiger partial charge is 0.402 e. The molecule has 10 atom stereocenters. The molecule has 0 radical (unpaired) electrons. The molecule has 266 valence electrons. The Morgan fingerprint density at radius 2 is 1.47 bits per heavy atom. The van der Waals surface area contributed by atoms with Crippen LogP contribution in [0.3, 0.4) is 0 Å². The lowest BCUT2D eigenvalue weighted by molar-refractivity contribution is -0.354. The number of phenols is 5. The van der Waals surface area contributed by atoms with Crippen LogP contribution in [-0.2, 0) is 28.5 Å². The van der Waals surface area contributed by atoms with Gasteiger partial charge in [0.1, 0.15) is 66.5 Å². The molecule has 19 heteroatoms. The number of phenolic OH excluding ortho intramolecular Hbond substituents is 5. The van der Waals surface area contributed by atoms with Crippen molar-refractivity contribution < 1.29 is 93.9 Å². The van der Waals surface area contributed by atoms with Crippen molar-refractivity contribution in [1.82, 2.24) is 0 Å². The van der Waals surface area contributed by atoms with Crippen LogP contribution in [-0.4, -0.2) is 136 Å². The molecule has 1 aromatic heterocycles. The van der Waals surface area contributed by atoms with Crippen molar-refractivity contribution in [3.8, 4) is 45.8 Å². The molecule has 19 nitrogen and oxygen atoms in total. The van der Waals surface area contributed by atoms with Gasteiger partial charge in [0.05, 0.1) is 17.7 Å². The fourth-order valence-electron chi connectivity index (χ4n) is 5.25.